The Bertz CT molecular complexity index is 1240. The Labute approximate surface area is 197 Å². The highest BCUT2D eigenvalue weighted by Gasteiger charge is 2.17. The lowest BCUT2D eigenvalue weighted by Crippen LogP contribution is -2.23. The molecule has 8 heteroatoms. The highest BCUT2D eigenvalue weighted by Crippen LogP contribution is 2.26. The lowest BCUT2D eigenvalue weighted by Gasteiger charge is -2.17. The van der Waals surface area contributed by atoms with E-state index in [1.165, 1.54) is 10.6 Å². The third-order valence-electron chi connectivity index (χ3n) is 5.09. The molecule has 0 fully saturated rings. The molecule has 3 aromatic heterocycles. The molecule has 0 radical (unpaired) electrons. The summed E-state index contributed by atoms with van der Waals surface area (Å²) in [7, 11) is 0. The fourth-order valence-electron chi connectivity index (χ4n) is 3.22. The van der Waals surface area contributed by atoms with Gasteiger partial charge in [0.1, 0.15) is 40.3 Å². The molecule has 3 aromatic rings. The van der Waals surface area contributed by atoms with Gasteiger partial charge in [0.05, 0.1) is 12.3 Å². The van der Waals surface area contributed by atoms with Gasteiger partial charge in [0.2, 0.25) is 0 Å². The van der Waals surface area contributed by atoms with Crippen LogP contribution in [0.5, 0.6) is 5.75 Å². The molecule has 0 saturated heterocycles. The molecule has 0 spiro atoms. The van der Waals surface area contributed by atoms with Crippen LogP contribution in [0.2, 0.25) is 5.02 Å². The molecule has 0 N–H and O–H groups in total. The van der Waals surface area contributed by atoms with E-state index in [-0.39, 0.29) is 23.1 Å². The highest BCUT2D eigenvalue weighted by molar-refractivity contribution is 6.31. The van der Waals surface area contributed by atoms with Gasteiger partial charge >= 0.3 is 0 Å². The second-order valence-corrected chi connectivity index (χ2v) is 8.19. The normalized spacial score (nSPS) is 10.8. The van der Waals surface area contributed by atoms with Crippen LogP contribution in [0.25, 0.3) is 11.4 Å². The fourth-order valence-corrected chi connectivity index (χ4v) is 3.41. The van der Waals surface area contributed by atoms with Crippen LogP contribution in [0.1, 0.15) is 48.0 Å². The minimum atomic E-state index is -0.475. The van der Waals surface area contributed by atoms with Crippen molar-refractivity contribution in [2.45, 2.75) is 47.1 Å². The molecule has 0 aliphatic heterocycles. The largest absolute Gasteiger partial charge is 0.492 e. The van der Waals surface area contributed by atoms with Crippen LogP contribution in [-0.4, -0.2) is 21.1 Å². The van der Waals surface area contributed by atoms with Gasteiger partial charge in [0.15, 0.2) is 0 Å². The number of unbranched alkanes of at least 4 members (excludes halogenated alkanes) is 1. The monoisotopic (exact) mass is 471 g/mol. The van der Waals surface area contributed by atoms with E-state index in [4.69, 9.17) is 21.1 Å². The van der Waals surface area contributed by atoms with Crippen molar-refractivity contribution in [1.82, 2.24) is 14.5 Å². The SMILES string of the molecule is C=C(OCCCC)c1cc(-n2c(C)cc(OCc3ncc(C)cc3F)c(Cl)c2=O)c(C)cn1. The predicted molar refractivity (Wildman–Crippen MR) is 127 cm³/mol. The molecule has 33 heavy (non-hydrogen) atoms. The maximum absolute atomic E-state index is 14.1. The molecule has 0 atom stereocenters. The standard InChI is InChI=1S/C25H27ClFN3O3/c1-6-7-8-32-18(5)20-11-22(16(3)13-29-20)30-17(4)10-23(24(26)25(30)31)33-14-21-19(27)9-15(2)12-28-21/h9-13H,5-8,14H2,1-4H3. The fraction of sp³-hybridized carbons (Fsp3) is 0.320. The summed E-state index contributed by atoms with van der Waals surface area (Å²) in [5, 5.41) is -0.107. The van der Waals surface area contributed by atoms with Crippen LogP contribution in [0.15, 0.2) is 42.0 Å². The number of ether oxygens (including phenoxy) is 2. The minimum absolute atomic E-state index is 0.107. The molecule has 0 amide bonds. The smallest absolute Gasteiger partial charge is 0.277 e. The number of hydrogen-bond acceptors (Lipinski definition) is 5. The lowest BCUT2D eigenvalue weighted by atomic mass is 10.2. The molecule has 0 aliphatic rings. The van der Waals surface area contributed by atoms with Crippen LogP contribution < -0.4 is 10.3 Å². The Morgan fingerprint density at radius 3 is 2.64 bits per heavy atom. The highest BCUT2D eigenvalue weighted by atomic mass is 35.5. The van der Waals surface area contributed by atoms with E-state index in [2.05, 4.69) is 23.5 Å². The third-order valence-corrected chi connectivity index (χ3v) is 5.44. The van der Waals surface area contributed by atoms with Crippen molar-refractivity contribution in [2.24, 2.45) is 0 Å². The molecule has 0 unspecified atom stereocenters. The van der Waals surface area contributed by atoms with Crippen molar-refractivity contribution in [3.8, 4) is 11.4 Å². The predicted octanol–water partition coefficient (Wildman–Crippen LogP) is 5.71. The zero-order valence-corrected chi connectivity index (χ0v) is 20.0. The number of aryl methyl sites for hydroxylation is 3. The molecule has 6 nitrogen and oxygen atoms in total. The Hall–Kier alpha value is -3.19. The van der Waals surface area contributed by atoms with Gasteiger partial charge in [-0.2, -0.15) is 0 Å². The molecule has 3 heterocycles. The number of rotatable bonds is 9. The molecule has 0 saturated carbocycles. The molecule has 174 valence electrons. The minimum Gasteiger partial charge on any atom is -0.492 e. The zero-order valence-electron chi connectivity index (χ0n) is 19.2. The Balaban J connectivity index is 1.92. The summed E-state index contributed by atoms with van der Waals surface area (Å²) in [6.07, 6.45) is 5.13. The van der Waals surface area contributed by atoms with E-state index in [0.29, 0.717) is 35.0 Å². The van der Waals surface area contributed by atoms with E-state index in [0.717, 1.165) is 18.4 Å². The summed E-state index contributed by atoms with van der Waals surface area (Å²) < 4.78 is 26.9. The Morgan fingerprint density at radius 2 is 1.94 bits per heavy atom. The first-order chi connectivity index (χ1) is 15.7. The van der Waals surface area contributed by atoms with Gasteiger partial charge in [-0.05, 0) is 50.5 Å². The second-order valence-electron chi connectivity index (χ2n) is 7.82. The van der Waals surface area contributed by atoms with E-state index in [9.17, 15) is 9.18 Å². The molecule has 0 aromatic carbocycles. The lowest BCUT2D eigenvalue weighted by molar-refractivity contribution is 0.270. The summed E-state index contributed by atoms with van der Waals surface area (Å²) in [6, 6.07) is 4.77. The first kappa shape index (κ1) is 24.5. The summed E-state index contributed by atoms with van der Waals surface area (Å²) in [4.78, 5) is 21.6. The molecular weight excluding hydrogens is 445 g/mol. The van der Waals surface area contributed by atoms with E-state index in [1.54, 1.807) is 38.4 Å². The summed E-state index contributed by atoms with van der Waals surface area (Å²) in [5.74, 6) is 0.128. The molecule has 3 rings (SSSR count). The summed E-state index contributed by atoms with van der Waals surface area (Å²) in [6.45, 7) is 11.8. The van der Waals surface area contributed by atoms with E-state index >= 15 is 0 Å². The second kappa shape index (κ2) is 10.6. The van der Waals surface area contributed by atoms with Gasteiger partial charge in [-0.1, -0.05) is 31.5 Å². The van der Waals surface area contributed by atoms with E-state index in [1.807, 2.05) is 6.92 Å². The topological polar surface area (TPSA) is 66.2 Å². The molecule has 0 aliphatic carbocycles. The first-order valence-electron chi connectivity index (χ1n) is 10.7. The third kappa shape index (κ3) is 5.60. The van der Waals surface area contributed by atoms with Crippen LogP contribution in [0.3, 0.4) is 0 Å². The number of halogens is 2. The van der Waals surface area contributed by atoms with Crippen molar-refractivity contribution in [3.63, 3.8) is 0 Å². The van der Waals surface area contributed by atoms with Crippen molar-refractivity contribution in [3.05, 3.63) is 86.6 Å². The average Bonchev–Trinajstić information content (AvgIpc) is 2.77. The maximum Gasteiger partial charge on any atom is 0.277 e. The van der Waals surface area contributed by atoms with Gasteiger partial charge < -0.3 is 9.47 Å². The van der Waals surface area contributed by atoms with Crippen molar-refractivity contribution in [2.75, 3.05) is 6.61 Å². The number of hydrogen-bond donors (Lipinski definition) is 0. The van der Waals surface area contributed by atoms with Gasteiger partial charge in [0.25, 0.3) is 5.56 Å². The summed E-state index contributed by atoms with van der Waals surface area (Å²) in [5.41, 5.74) is 2.91. The number of aromatic nitrogens is 3. The van der Waals surface area contributed by atoms with Crippen molar-refractivity contribution >= 4 is 17.4 Å². The van der Waals surface area contributed by atoms with Crippen LogP contribution in [-0.2, 0) is 11.3 Å². The van der Waals surface area contributed by atoms with Crippen molar-refractivity contribution in [1.29, 1.82) is 0 Å². The molecular formula is C25H27ClFN3O3. The first-order valence-corrected chi connectivity index (χ1v) is 11.1. The Morgan fingerprint density at radius 1 is 1.18 bits per heavy atom. The van der Waals surface area contributed by atoms with Gasteiger partial charge in [-0.3, -0.25) is 19.3 Å². The number of nitrogens with zero attached hydrogens (tertiary/aromatic N) is 3. The van der Waals surface area contributed by atoms with Gasteiger partial charge in [-0.15, -0.1) is 0 Å². The quantitative estimate of drug-likeness (QED) is 0.295. The summed E-state index contributed by atoms with van der Waals surface area (Å²) >= 11 is 6.36. The van der Waals surface area contributed by atoms with Crippen LogP contribution in [0.4, 0.5) is 4.39 Å². The van der Waals surface area contributed by atoms with Gasteiger partial charge in [-0.25, -0.2) is 4.39 Å². The van der Waals surface area contributed by atoms with Crippen LogP contribution in [0, 0.1) is 26.6 Å². The molecule has 0 bridgehead atoms. The zero-order chi connectivity index (χ0) is 24.1. The average molecular weight is 472 g/mol. The van der Waals surface area contributed by atoms with Crippen molar-refractivity contribution < 1.29 is 13.9 Å². The van der Waals surface area contributed by atoms with E-state index < -0.39 is 11.4 Å². The number of pyridine rings is 3. The maximum atomic E-state index is 14.1. The Kier molecular flexibility index (Phi) is 7.87. The van der Waals surface area contributed by atoms with Gasteiger partial charge in [0, 0.05) is 24.2 Å². The van der Waals surface area contributed by atoms with Crippen LogP contribution >= 0.6 is 11.6 Å².